The van der Waals surface area contributed by atoms with Gasteiger partial charge in [0.2, 0.25) is 0 Å². The van der Waals surface area contributed by atoms with Gasteiger partial charge in [0.25, 0.3) is 0 Å². The van der Waals surface area contributed by atoms with Crippen molar-refractivity contribution in [1.82, 2.24) is 0 Å². The Balaban J connectivity index is 1.48. The topological polar surface area (TPSA) is 0 Å². The lowest BCUT2D eigenvalue weighted by molar-refractivity contribution is -0.138. The van der Waals surface area contributed by atoms with Crippen molar-refractivity contribution in [2.75, 3.05) is 0 Å². The molecule has 0 unspecified atom stereocenters. The molecule has 0 bridgehead atoms. The second-order valence-electron chi connectivity index (χ2n) is 12.1. The molecule has 0 spiro atoms. The van der Waals surface area contributed by atoms with Gasteiger partial charge in [-0.15, -0.1) is 0 Å². The molecule has 0 saturated carbocycles. The van der Waals surface area contributed by atoms with Gasteiger partial charge in [-0.25, -0.2) is 0 Å². The predicted octanol–water partition coefficient (Wildman–Crippen LogP) is 11.2. The van der Waals surface area contributed by atoms with Crippen LogP contribution in [0.15, 0.2) is 96.1 Å². The highest BCUT2D eigenvalue weighted by Gasteiger charge is 2.42. The van der Waals surface area contributed by atoms with Crippen molar-refractivity contribution in [3.63, 3.8) is 0 Å². The molecule has 0 aliphatic heterocycles. The summed E-state index contributed by atoms with van der Waals surface area (Å²) in [6.07, 6.45) is -7.26. The molecule has 4 aromatic carbocycles. The molecule has 0 fully saturated rings. The van der Waals surface area contributed by atoms with Crippen LogP contribution in [0.1, 0.15) is 47.2 Å². The minimum atomic E-state index is -4.40. The molecule has 7 heteroatoms. The van der Waals surface area contributed by atoms with Gasteiger partial charge in [-0.3, -0.25) is 0 Å². The first-order valence-corrected chi connectivity index (χ1v) is 17.2. The molecule has 220 valence electrons. The van der Waals surface area contributed by atoms with Crippen molar-refractivity contribution in [1.29, 1.82) is 0 Å². The van der Waals surface area contributed by atoms with Crippen LogP contribution in [-0.4, -0.2) is 8.07 Å². The van der Waals surface area contributed by atoms with Gasteiger partial charge in [0.1, 0.15) is 8.07 Å². The number of fused-ring (bicyclic) bond motifs is 2. The van der Waals surface area contributed by atoms with E-state index in [9.17, 15) is 26.3 Å². The summed E-state index contributed by atoms with van der Waals surface area (Å²) in [6.45, 7) is 8.94. The smallest absolute Gasteiger partial charge is 0.166 e. The van der Waals surface area contributed by atoms with E-state index < -0.39 is 31.6 Å². The van der Waals surface area contributed by atoms with E-state index in [0.29, 0.717) is 0 Å². The van der Waals surface area contributed by atoms with Crippen LogP contribution in [0.4, 0.5) is 26.3 Å². The average molecular weight is 605 g/mol. The highest BCUT2D eigenvalue weighted by Crippen LogP contribution is 2.52. The summed E-state index contributed by atoms with van der Waals surface area (Å²) in [5.41, 5.74) is 9.03. The van der Waals surface area contributed by atoms with Crippen LogP contribution < -0.4 is 0 Å². The van der Waals surface area contributed by atoms with Crippen molar-refractivity contribution in [3.05, 3.63) is 129 Å². The van der Waals surface area contributed by atoms with Crippen molar-refractivity contribution in [2.45, 2.75) is 52.1 Å². The summed E-state index contributed by atoms with van der Waals surface area (Å²) in [4.78, 5) is 0. The summed E-state index contributed by atoms with van der Waals surface area (Å²) in [7, 11) is -2.48. The lowest BCUT2D eigenvalue weighted by atomic mass is 9.96. The fraction of sp³-hybridized carbons (Fsp3) is 0.222. The van der Waals surface area contributed by atoms with Gasteiger partial charge in [0.05, 0.1) is 11.1 Å². The van der Waals surface area contributed by atoms with Crippen LogP contribution in [0.3, 0.4) is 0 Å². The number of halogens is 6. The third-order valence-corrected chi connectivity index (χ3v) is 12.7. The number of benzene rings is 4. The summed E-state index contributed by atoms with van der Waals surface area (Å²) < 4.78 is 79.9. The minimum Gasteiger partial charge on any atom is -0.166 e. The molecule has 0 nitrogen and oxygen atoms in total. The molecule has 0 amide bonds. The third-order valence-electron chi connectivity index (χ3n) is 8.86. The van der Waals surface area contributed by atoms with E-state index in [1.807, 2.05) is 24.3 Å². The van der Waals surface area contributed by atoms with E-state index in [1.54, 1.807) is 24.3 Å². The van der Waals surface area contributed by atoms with E-state index in [0.717, 1.165) is 81.6 Å². The molecule has 0 heterocycles. The van der Waals surface area contributed by atoms with E-state index in [2.05, 4.69) is 39.1 Å². The molecule has 4 aromatic rings. The zero-order valence-corrected chi connectivity index (χ0v) is 25.3. The van der Waals surface area contributed by atoms with Gasteiger partial charge in [-0.2, -0.15) is 26.3 Å². The summed E-state index contributed by atoms with van der Waals surface area (Å²) in [5.74, 6) is 0. The Hall–Kier alpha value is -3.84. The highest BCUT2D eigenvalue weighted by atomic mass is 28.3. The van der Waals surface area contributed by atoms with Crippen LogP contribution in [0.5, 0.6) is 0 Å². The predicted molar refractivity (Wildman–Crippen MR) is 164 cm³/mol. The van der Waals surface area contributed by atoms with E-state index in [4.69, 9.17) is 0 Å². The van der Waals surface area contributed by atoms with Gasteiger partial charge >= 0.3 is 12.4 Å². The van der Waals surface area contributed by atoms with Crippen molar-refractivity contribution in [2.24, 2.45) is 0 Å². The van der Waals surface area contributed by atoms with Crippen LogP contribution >= 0.6 is 0 Å². The number of hydrogen-bond donors (Lipinski definition) is 0. The lowest BCUT2D eigenvalue weighted by Crippen LogP contribution is -2.31. The summed E-state index contributed by atoms with van der Waals surface area (Å²) in [6, 6.07) is 22.9. The first-order chi connectivity index (χ1) is 20.2. The zero-order chi connectivity index (χ0) is 30.9. The van der Waals surface area contributed by atoms with Crippen LogP contribution in [0.2, 0.25) is 13.1 Å². The molecule has 0 atom stereocenters. The van der Waals surface area contributed by atoms with Crippen molar-refractivity contribution in [3.8, 4) is 22.3 Å². The lowest BCUT2D eigenvalue weighted by Gasteiger charge is -2.32. The van der Waals surface area contributed by atoms with E-state index in [-0.39, 0.29) is 0 Å². The number of rotatable bonds is 4. The highest BCUT2D eigenvalue weighted by molar-refractivity contribution is 7.09. The van der Waals surface area contributed by atoms with Crippen LogP contribution in [-0.2, 0) is 25.2 Å². The Morgan fingerprint density at radius 3 is 1.19 bits per heavy atom. The average Bonchev–Trinajstić information content (AvgIpc) is 3.48. The Morgan fingerprint density at radius 2 is 0.860 bits per heavy atom. The maximum atomic E-state index is 13.3. The standard InChI is InChI=1S/C36H30F6Si/c1-21-19-25-7-5-9-29(23-11-15-27(16-12-23)35(37,38)39)31(25)33(21)43(3,4)34-22(2)20-26-8-6-10-30(32(26)34)24-13-17-28(18-14-24)36(40,41)42/h5-18H,19-20H2,1-4H3. The third kappa shape index (κ3) is 4.97. The van der Waals surface area contributed by atoms with Gasteiger partial charge in [0, 0.05) is 0 Å². The summed E-state index contributed by atoms with van der Waals surface area (Å²) in [5, 5.41) is 2.56. The SMILES string of the molecule is CC1=C([Si](C)(C)C2=C(C)Cc3cccc(-c4ccc(C(F)(F)F)cc4)c32)c2c(cccc2-c2ccc(C(F)(F)F)cc2)C1. The minimum absolute atomic E-state index is 0.676. The fourth-order valence-electron chi connectivity index (χ4n) is 7.24. The molecule has 0 saturated heterocycles. The normalized spacial score (nSPS) is 15.3. The molecule has 6 rings (SSSR count). The van der Waals surface area contributed by atoms with Crippen molar-refractivity contribution < 1.29 is 26.3 Å². The van der Waals surface area contributed by atoms with E-state index >= 15 is 0 Å². The first kappa shape index (κ1) is 29.2. The molecule has 0 radical (unpaired) electrons. The second kappa shape index (κ2) is 10.1. The number of hydrogen-bond acceptors (Lipinski definition) is 0. The molecule has 2 aliphatic carbocycles. The maximum absolute atomic E-state index is 13.3. The molecular weight excluding hydrogens is 574 g/mol. The summed E-state index contributed by atoms with van der Waals surface area (Å²) >= 11 is 0. The Morgan fingerprint density at radius 1 is 0.512 bits per heavy atom. The number of allylic oxidation sites excluding steroid dienone is 2. The van der Waals surface area contributed by atoms with Gasteiger partial charge in [-0.1, -0.05) is 84.9 Å². The second-order valence-corrected chi connectivity index (χ2v) is 16.4. The molecule has 0 aromatic heterocycles. The Kier molecular flexibility index (Phi) is 6.88. The number of alkyl halides is 6. The fourth-order valence-corrected chi connectivity index (χ4v) is 11.6. The van der Waals surface area contributed by atoms with Crippen LogP contribution in [0.25, 0.3) is 32.6 Å². The monoisotopic (exact) mass is 604 g/mol. The largest absolute Gasteiger partial charge is 0.416 e. The zero-order valence-electron chi connectivity index (χ0n) is 24.3. The maximum Gasteiger partial charge on any atom is 0.416 e. The molecule has 0 N–H and O–H groups in total. The van der Waals surface area contributed by atoms with Gasteiger partial charge in [-0.05, 0) is 106 Å². The first-order valence-electron chi connectivity index (χ1n) is 14.2. The Labute approximate surface area is 248 Å². The quantitative estimate of drug-likeness (QED) is 0.161. The van der Waals surface area contributed by atoms with Gasteiger partial charge < -0.3 is 0 Å². The van der Waals surface area contributed by atoms with E-state index in [1.165, 1.54) is 21.5 Å². The molecule has 2 aliphatic rings. The van der Waals surface area contributed by atoms with Gasteiger partial charge in [0.15, 0.2) is 0 Å². The van der Waals surface area contributed by atoms with Crippen molar-refractivity contribution >= 4 is 18.5 Å². The molecular formula is C36H30F6Si. The Bertz CT molecular complexity index is 1670. The molecule has 43 heavy (non-hydrogen) atoms. The van der Waals surface area contributed by atoms with Crippen LogP contribution in [0, 0.1) is 0 Å².